The summed E-state index contributed by atoms with van der Waals surface area (Å²) in [5.41, 5.74) is 1.79. The van der Waals surface area contributed by atoms with Crippen LogP contribution in [0, 0.1) is 5.92 Å². The van der Waals surface area contributed by atoms with Gasteiger partial charge in [-0.1, -0.05) is 45.0 Å². The van der Waals surface area contributed by atoms with Crippen LogP contribution in [0.3, 0.4) is 0 Å². The van der Waals surface area contributed by atoms with Gasteiger partial charge in [-0.15, -0.1) is 0 Å². The number of rotatable bonds is 9. The number of aromatic nitrogens is 3. The van der Waals surface area contributed by atoms with Gasteiger partial charge in [-0.25, -0.2) is 9.78 Å². The van der Waals surface area contributed by atoms with Crippen LogP contribution in [0.1, 0.15) is 68.5 Å². The first-order valence-electron chi connectivity index (χ1n) is 11.3. The Kier molecular flexibility index (Phi) is 8.40. The van der Waals surface area contributed by atoms with Crippen LogP contribution in [0.15, 0.2) is 41.1 Å². The van der Waals surface area contributed by atoms with Crippen LogP contribution in [0.5, 0.6) is 11.5 Å². The summed E-state index contributed by atoms with van der Waals surface area (Å²) in [6.45, 7) is 9.86. The fraction of sp³-hybridized carbons (Fsp3) is 0.400. The third-order valence-corrected chi connectivity index (χ3v) is 5.00. The molecular formula is C25H30N4O6. The second kappa shape index (κ2) is 11.5. The van der Waals surface area contributed by atoms with Crippen molar-refractivity contribution in [2.45, 2.75) is 46.6 Å². The highest BCUT2D eigenvalue weighted by atomic mass is 16.7. The number of carbonyl (C=O) groups excluding carboxylic acids is 2. The molecule has 3 aromatic rings. The molecule has 2 heterocycles. The Morgan fingerprint density at radius 2 is 1.89 bits per heavy atom. The normalized spacial score (nSPS) is 11.9. The Labute approximate surface area is 204 Å². The second-order valence-electron chi connectivity index (χ2n) is 8.68. The lowest BCUT2D eigenvalue weighted by molar-refractivity contribution is 0.0852. The van der Waals surface area contributed by atoms with Crippen molar-refractivity contribution in [2.24, 2.45) is 5.92 Å². The molecule has 1 atom stereocenters. The molecular weight excluding hydrogens is 452 g/mol. The van der Waals surface area contributed by atoms with Crippen molar-refractivity contribution in [1.82, 2.24) is 20.4 Å². The van der Waals surface area contributed by atoms with Crippen molar-refractivity contribution in [3.05, 3.63) is 53.6 Å². The average Bonchev–Trinajstić information content (AvgIpc) is 3.33. The van der Waals surface area contributed by atoms with Crippen LogP contribution >= 0.6 is 0 Å². The molecule has 186 valence electrons. The summed E-state index contributed by atoms with van der Waals surface area (Å²) in [5, 5.41) is 6.76. The Morgan fingerprint density at radius 3 is 2.57 bits per heavy atom. The van der Waals surface area contributed by atoms with E-state index < -0.39 is 18.1 Å². The highest BCUT2D eigenvalue weighted by molar-refractivity contribution is 5.96. The quantitative estimate of drug-likeness (QED) is 0.423. The van der Waals surface area contributed by atoms with Crippen LogP contribution in [-0.4, -0.2) is 40.9 Å². The zero-order valence-corrected chi connectivity index (χ0v) is 20.7. The molecule has 0 spiro atoms. The van der Waals surface area contributed by atoms with E-state index in [1.165, 1.54) is 19.4 Å². The Bertz CT molecular complexity index is 1170. The van der Waals surface area contributed by atoms with Gasteiger partial charge in [0.2, 0.25) is 5.75 Å². The molecule has 0 saturated carbocycles. The summed E-state index contributed by atoms with van der Waals surface area (Å²) in [4.78, 5) is 33.6. The number of nitrogens with one attached hydrogen (secondary N) is 1. The number of nitrogens with zero attached hydrogens (tertiary/aromatic N) is 3. The van der Waals surface area contributed by atoms with Crippen molar-refractivity contribution in [3.8, 4) is 23.0 Å². The molecule has 0 bridgehead atoms. The maximum atomic E-state index is 13.0. The first-order chi connectivity index (χ1) is 16.7. The number of pyridine rings is 1. The van der Waals surface area contributed by atoms with Crippen LogP contribution in [-0.2, 0) is 4.74 Å². The molecule has 0 saturated heterocycles. The summed E-state index contributed by atoms with van der Waals surface area (Å²) in [7, 11) is 1.39. The molecule has 1 amide bonds. The first kappa shape index (κ1) is 25.7. The summed E-state index contributed by atoms with van der Waals surface area (Å²) < 4.78 is 21.0. The number of carbonyl (C=O) groups is 2. The molecule has 0 aliphatic heterocycles. The third kappa shape index (κ3) is 6.56. The molecule has 0 fully saturated rings. The van der Waals surface area contributed by atoms with Gasteiger partial charge in [0, 0.05) is 17.8 Å². The molecule has 1 N–H and O–H groups in total. The number of hydrogen-bond donors (Lipinski definition) is 1. The Balaban J connectivity index is 1.77. The van der Waals surface area contributed by atoms with Gasteiger partial charge in [0.05, 0.1) is 19.8 Å². The zero-order valence-electron chi connectivity index (χ0n) is 20.7. The maximum absolute atomic E-state index is 13.0. The smallest absolute Gasteiger partial charge is 0.493 e. The topological polar surface area (TPSA) is 126 Å². The van der Waals surface area contributed by atoms with Gasteiger partial charge in [0.15, 0.2) is 17.3 Å². The lowest BCUT2D eigenvalue weighted by Crippen LogP contribution is -2.29. The van der Waals surface area contributed by atoms with E-state index in [-0.39, 0.29) is 35.5 Å². The fourth-order valence-corrected chi connectivity index (χ4v) is 3.09. The van der Waals surface area contributed by atoms with Gasteiger partial charge in [0.25, 0.3) is 11.8 Å². The van der Waals surface area contributed by atoms with E-state index in [1.54, 1.807) is 6.92 Å². The minimum absolute atomic E-state index is 0.120. The maximum Gasteiger partial charge on any atom is 0.514 e. The number of ether oxygens (including phenoxy) is 3. The summed E-state index contributed by atoms with van der Waals surface area (Å²) in [6.07, 6.45) is 0.414. The van der Waals surface area contributed by atoms with Gasteiger partial charge in [-0.05, 0) is 36.5 Å². The van der Waals surface area contributed by atoms with Gasteiger partial charge in [-0.3, -0.25) is 4.79 Å². The van der Waals surface area contributed by atoms with Crippen LogP contribution < -0.4 is 14.8 Å². The lowest BCUT2D eigenvalue weighted by atomic mass is 10.0. The lowest BCUT2D eigenvalue weighted by Gasteiger charge is -2.15. The van der Waals surface area contributed by atoms with E-state index in [0.29, 0.717) is 11.8 Å². The van der Waals surface area contributed by atoms with E-state index in [0.717, 1.165) is 11.1 Å². The second-order valence-corrected chi connectivity index (χ2v) is 8.68. The van der Waals surface area contributed by atoms with Gasteiger partial charge in [0.1, 0.15) is 0 Å². The van der Waals surface area contributed by atoms with Crippen LogP contribution in [0.4, 0.5) is 4.79 Å². The zero-order chi connectivity index (χ0) is 25.5. The molecule has 0 aliphatic carbocycles. The molecule has 0 aliphatic rings. The average molecular weight is 483 g/mol. The van der Waals surface area contributed by atoms with Crippen LogP contribution in [0.2, 0.25) is 0 Å². The highest BCUT2D eigenvalue weighted by Gasteiger charge is 2.25. The van der Waals surface area contributed by atoms with E-state index in [1.807, 2.05) is 38.1 Å². The van der Waals surface area contributed by atoms with Gasteiger partial charge in [-0.2, -0.15) is 4.98 Å². The monoisotopic (exact) mass is 482 g/mol. The number of methoxy groups -OCH3 is 1. The van der Waals surface area contributed by atoms with E-state index in [2.05, 4.69) is 34.3 Å². The van der Waals surface area contributed by atoms with Crippen molar-refractivity contribution in [1.29, 1.82) is 0 Å². The van der Waals surface area contributed by atoms with E-state index in [9.17, 15) is 9.59 Å². The predicted octanol–water partition coefficient (Wildman–Crippen LogP) is 4.93. The highest BCUT2D eigenvalue weighted by Crippen LogP contribution is 2.30. The van der Waals surface area contributed by atoms with E-state index >= 15 is 0 Å². The fourth-order valence-electron chi connectivity index (χ4n) is 3.09. The summed E-state index contributed by atoms with van der Waals surface area (Å²) in [6, 6.07) is 8.70. The van der Waals surface area contributed by atoms with Gasteiger partial charge < -0.3 is 24.1 Å². The third-order valence-electron chi connectivity index (χ3n) is 5.00. The molecule has 2 aromatic heterocycles. The molecule has 10 heteroatoms. The predicted molar refractivity (Wildman–Crippen MR) is 127 cm³/mol. The van der Waals surface area contributed by atoms with Crippen molar-refractivity contribution >= 4 is 12.1 Å². The minimum atomic E-state index is -0.960. The molecule has 10 nitrogen and oxygen atoms in total. The first-order valence-corrected chi connectivity index (χ1v) is 11.3. The van der Waals surface area contributed by atoms with Gasteiger partial charge >= 0.3 is 6.16 Å². The standard InChI is InChI=1S/C25H30N4O6/c1-14(2)13-33-25(31)34-21-19(32-6)10-11-26-20(21)23(30)27-16(5)22-28-24(35-29-22)18-9-7-8-17(12-18)15(3)4/h7-12,14-16H,13H2,1-6H3,(H,27,30)/t16-/m0/s1. The van der Waals surface area contributed by atoms with Crippen molar-refractivity contribution in [2.75, 3.05) is 13.7 Å². The number of amides is 1. The van der Waals surface area contributed by atoms with Crippen molar-refractivity contribution < 1.29 is 28.3 Å². The Morgan fingerprint density at radius 1 is 1.11 bits per heavy atom. The molecule has 1 aromatic carbocycles. The summed E-state index contributed by atoms with van der Waals surface area (Å²) >= 11 is 0. The van der Waals surface area contributed by atoms with E-state index in [4.69, 9.17) is 18.7 Å². The largest absolute Gasteiger partial charge is 0.514 e. The number of benzene rings is 1. The summed E-state index contributed by atoms with van der Waals surface area (Å²) in [5.74, 6) is 0.500. The molecule has 3 rings (SSSR count). The van der Waals surface area contributed by atoms with Crippen LogP contribution in [0.25, 0.3) is 11.5 Å². The number of hydrogen-bond acceptors (Lipinski definition) is 9. The molecule has 0 unspecified atom stereocenters. The SMILES string of the molecule is COc1ccnc(C(=O)N[C@@H](C)c2noc(-c3cccc(C(C)C)c3)n2)c1OC(=O)OCC(C)C. The molecule has 0 radical (unpaired) electrons. The van der Waals surface area contributed by atoms with Crippen molar-refractivity contribution in [3.63, 3.8) is 0 Å². The minimum Gasteiger partial charge on any atom is -0.493 e. The Hall–Kier alpha value is -3.95. The molecule has 35 heavy (non-hydrogen) atoms.